The Bertz CT molecular complexity index is 610. The van der Waals surface area contributed by atoms with Crippen LogP contribution in [0, 0.1) is 5.41 Å². The third kappa shape index (κ3) is 2.06. The number of aromatic nitrogens is 2. The van der Waals surface area contributed by atoms with Gasteiger partial charge in [-0.05, 0) is 36.0 Å². The molecule has 1 aliphatic carbocycles. The SMILES string of the molecule is CCCn1c(C2CC2(C)C)nc2cc(CN)ccc21. The van der Waals surface area contributed by atoms with Crippen LogP contribution in [0.25, 0.3) is 11.0 Å². The van der Waals surface area contributed by atoms with Crippen LogP contribution in [0.15, 0.2) is 18.2 Å². The first-order valence-corrected chi connectivity index (χ1v) is 7.26. The molecule has 0 bridgehead atoms. The van der Waals surface area contributed by atoms with Gasteiger partial charge in [0, 0.05) is 19.0 Å². The fourth-order valence-electron chi connectivity index (χ4n) is 2.95. The maximum absolute atomic E-state index is 5.73. The average molecular weight is 257 g/mol. The molecule has 19 heavy (non-hydrogen) atoms. The second-order valence-corrected chi connectivity index (χ2v) is 6.39. The molecule has 0 aliphatic heterocycles. The monoisotopic (exact) mass is 257 g/mol. The van der Waals surface area contributed by atoms with Crippen molar-refractivity contribution in [3.05, 3.63) is 29.6 Å². The molecule has 2 N–H and O–H groups in total. The summed E-state index contributed by atoms with van der Waals surface area (Å²) >= 11 is 0. The fraction of sp³-hybridized carbons (Fsp3) is 0.562. The first-order chi connectivity index (χ1) is 9.06. The van der Waals surface area contributed by atoms with Crippen molar-refractivity contribution in [2.24, 2.45) is 11.1 Å². The lowest BCUT2D eigenvalue weighted by Crippen LogP contribution is -2.04. The summed E-state index contributed by atoms with van der Waals surface area (Å²) in [5, 5.41) is 0. The normalized spacial score (nSPS) is 20.9. The molecule has 0 spiro atoms. The molecule has 0 radical (unpaired) electrons. The second-order valence-electron chi connectivity index (χ2n) is 6.39. The maximum Gasteiger partial charge on any atom is 0.113 e. The van der Waals surface area contributed by atoms with E-state index in [1.807, 2.05) is 0 Å². The molecule has 3 nitrogen and oxygen atoms in total. The molecule has 3 rings (SSSR count). The van der Waals surface area contributed by atoms with Crippen LogP contribution in [0.5, 0.6) is 0 Å². The van der Waals surface area contributed by atoms with E-state index in [1.165, 1.54) is 17.8 Å². The summed E-state index contributed by atoms with van der Waals surface area (Å²) in [6.45, 7) is 8.53. The van der Waals surface area contributed by atoms with Crippen LogP contribution in [0.2, 0.25) is 0 Å². The van der Waals surface area contributed by atoms with Crippen molar-refractivity contribution in [1.29, 1.82) is 0 Å². The molecule has 1 aliphatic rings. The summed E-state index contributed by atoms with van der Waals surface area (Å²) in [6, 6.07) is 6.44. The lowest BCUT2D eigenvalue weighted by Gasteiger charge is -2.09. The Morgan fingerprint density at radius 2 is 2.16 bits per heavy atom. The van der Waals surface area contributed by atoms with Crippen LogP contribution >= 0.6 is 0 Å². The summed E-state index contributed by atoms with van der Waals surface area (Å²) < 4.78 is 2.41. The highest BCUT2D eigenvalue weighted by Gasteiger charge is 2.49. The van der Waals surface area contributed by atoms with E-state index < -0.39 is 0 Å². The van der Waals surface area contributed by atoms with Gasteiger partial charge in [-0.25, -0.2) is 4.98 Å². The summed E-state index contributed by atoms with van der Waals surface area (Å²) in [4.78, 5) is 4.90. The summed E-state index contributed by atoms with van der Waals surface area (Å²) in [6.07, 6.45) is 2.40. The molecule has 1 unspecified atom stereocenters. The van der Waals surface area contributed by atoms with Crippen molar-refractivity contribution in [1.82, 2.24) is 9.55 Å². The molecule has 0 amide bonds. The molecule has 1 aromatic heterocycles. The van der Waals surface area contributed by atoms with Gasteiger partial charge in [0.05, 0.1) is 11.0 Å². The van der Waals surface area contributed by atoms with E-state index >= 15 is 0 Å². The van der Waals surface area contributed by atoms with E-state index in [0.29, 0.717) is 17.9 Å². The van der Waals surface area contributed by atoms with Gasteiger partial charge in [0.15, 0.2) is 0 Å². The molecule has 1 heterocycles. The predicted octanol–water partition coefficient (Wildman–Crippen LogP) is 3.42. The standard InChI is InChI=1S/C16H23N3/c1-4-7-19-14-6-5-11(10-17)8-13(14)18-15(19)12-9-16(12,2)3/h5-6,8,12H,4,7,9-10,17H2,1-3H3. The van der Waals surface area contributed by atoms with Crippen molar-refractivity contribution >= 4 is 11.0 Å². The van der Waals surface area contributed by atoms with E-state index in [9.17, 15) is 0 Å². The first kappa shape index (κ1) is 12.7. The fourth-order valence-corrected chi connectivity index (χ4v) is 2.95. The van der Waals surface area contributed by atoms with Gasteiger partial charge in [0.25, 0.3) is 0 Å². The highest BCUT2D eigenvalue weighted by atomic mass is 15.1. The predicted molar refractivity (Wildman–Crippen MR) is 79.1 cm³/mol. The van der Waals surface area contributed by atoms with Crippen molar-refractivity contribution in [2.45, 2.75) is 52.6 Å². The van der Waals surface area contributed by atoms with E-state index in [-0.39, 0.29) is 0 Å². The van der Waals surface area contributed by atoms with E-state index in [2.05, 4.69) is 43.5 Å². The zero-order valence-electron chi connectivity index (χ0n) is 12.1. The highest BCUT2D eigenvalue weighted by Crippen LogP contribution is 2.58. The minimum Gasteiger partial charge on any atom is -0.328 e. The van der Waals surface area contributed by atoms with Crippen LogP contribution in [0.1, 0.15) is 50.9 Å². The Morgan fingerprint density at radius 1 is 1.42 bits per heavy atom. The lowest BCUT2D eigenvalue weighted by molar-refractivity contribution is 0.578. The van der Waals surface area contributed by atoms with Crippen LogP contribution in [0.3, 0.4) is 0 Å². The Balaban J connectivity index is 2.12. The Morgan fingerprint density at radius 3 is 2.74 bits per heavy atom. The van der Waals surface area contributed by atoms with E-state index in [0.717, 1.165) is 24.0 Å². The third-order valence-electron chi connectivity index (χ3n) is 4.35. The zero-order valence-corrected chi connectivity index (χ0v) is 12.1. The lowest BCUT2D eigenvalue weighted by atomic mass is 10.1. The minimum atomic E-state index is 0.420. The molecular formula is C16H23N3. The summed E-state index contributed by atoms with van der Waals surface area (Å²) in [5.74, 6) is 1.89. The summed E-state index contributed by atoms with van der Waals surface area (Å²) in [7, 11) is 0. The van der Waals surface area contributed by atoms with Crippen molar-refractivity contribution in [3.8, 4) is 0 Å². The molecule has 1 aromatic carbocycles. The molecular weight excluding hydrogens is 234 g/mol. The molecule has 1 saturated carbocycles. The minimum absolute atomic E-state index is 0.420. The van der Waals surface area contributed by atoms with E-state index in [4.69, 9.17) is 10.7 Å². The number of benzene rings is 1. The Kier molecular flexibility index (Phi) is 2.90. The van der Waals surface area contributed by atoms with Crippen LogP contribution in [-0.4, -0.2) is 9.55 Å². The maximum atomic E-state index is 5.73. The van der Waals surface area contributed by atoms with Gasteiger partial charge in [0.2, 0.25) is 0 Å². The number of rotatable bonds is 4. The van der Waals surface area contributed by atoms with Crippen LogP contribution < -0.4 is 5.73 Å². The smallest absolute Gasteiger partial charge is 0.113 e. The summed E-state index contributed by atoms with van der Waals surface area (Å²) in [5.41, 5.74) is 9.67. The van der Waals surface area contributed by atoms with Gasteiger partial charge in [-0.1, -0.05) is 26.8 Å². The van der Waals surface area contributed by atoms with Crippen molar-refractivity contribution in [3.63, 3.8) is 0 Å². The molecule has 1 atom stereocenters. The molecule has 3 heteroatoms. The zero-order chi connectivity index (χ0) is 13.6. The van der Waals surface area contributed by atoms with Crippen molar-refractivity contribution in [2.75, 3.05) is 0 Å². The Labute approximate surface area is 114 Å². The van der Waals surface area contributed by atoms with Gasteiger partial charge in [-0.3, -0.25) is 0 Å². The molecule has 2 aromatic rings. The number of nitrogens with two attached hydrogens (primary N) is 1. The average Bonchev–Trinajstić information content (AvgIpc) is 2.88. The number of fused-ring (bicyclic) bond motifs is 1. The number of nitrogens with zero attached hydrogens (tertiary/aromatic N) is 2. The van der Waals surface area contributed by atoms with Gasteiger partial charge in [0.1, 0.15) is 5.82 Å². The van der Waals surface area contributed by atoms with Gasteiger partial charge in [-0.15, -0.1) is 0 Å². The Hall–Kier alpha value is -1.35. The van der Waals surface area contributed by atoms with E-state index in [1.54, 1.807) is 0 Å². The quantitative estimate of drug-likeness (QED) is 0.912. The largest absolute Gasteiger partial charge is 0.328 e. The van der Waals surface area contributed by atoms with Gasteiger partial charge in [-0.2, -0.15) is 0 Å². The number of hydrogen-bond acceptors (Lipinski definition) is 2. The van der Waals surface area contributed by atoms with Gasteiger partial charge >= 0.3 is 0 Å². The first-order valence-electron chi connectivity index (χ1n) is 7.26. The number of imidazole rings is 1. The molecule has 102 valence electrons. The number of hydrogen-bond donors (Lipinski definition) is 1. The topological polar surface area (TPSA) is 43.8 Å². The van der Waals surface area contributed by atoms with Crippen LogP contribution in [0.4, 0.5) is 0 Å². The van der Waals surface area contributed by atoms with Crippen LogP contribution in [-0.2, 0) is 13.1 Å². The number of aryl methyl sites for hydroxylation is 1. The third-order valence-corrected chi connectivity index (χ3v) is 4.35. The molecule has 1 fully saturated rings. The van der Waals surface area contributed by atoms with Crippen molar-refractivity contribution < 1.29 is 0 Å². The van der Waals surface area contributed by atoms with Gasteiger partial charge < -0.3 is 10.3 Å². The second kappa shape index (κ2) is 4.34. The molecule has 0 saturated heterocycles. The highest BCUT2D eigenvalue weighted by molar-refractivity contribution is 5.77.